The van der Waals surface area contributed by atoms with Crippen LogP contribution in [0.15, 0.2) is 29.2 Å². The number of benzene rings is 1. The molecule has 0 bridgehead atoms. The van der Waals surface area contributed by atoms with E-state index in [9.17, 15) is 4.79 Å². The number of rotatable bonds is 8. The molecule has 1 aromatic rings. The van der Waals surface area contributed by atoms with Crippen molar-refractivity contribution >= 4 is 23.5 Å². The molecule has 5 heteroatoms. The fraction of sp³-hybridized carbons (Fsp3) is 0.562. The van der Waals surface area contributed by atoms with E-state index in [1.165, 1.54) is 0 Å². The van der Waals surface area contributed by atoms with E-state index >= 15 is 0 Å². The molecular formula is C16H26N2O2S. The first-order valence-corrected chi connectivity index (χ1v) is 8.39. The maximum Gasteiger partial charge on any atom is 0.321 e. The second kappa shape index (κ2) is 9.68. The average molecular weight is 310 g/mol. The van der Waals surface area contributed by atoms with Crippen LogP contribution in [0.3, 0.4) is 0 Å². The van der Waals surface area contributed by atoms with Gasteiger partial charge < -0.3 is 15.3 Å². The predicted molar refractivity (Wildman–Crippen MR) is 90.0 cm³/mol. The summed E-state index contributed by atoms with van der Waals surface area (Å²) in [7, 11) is 0. The van der Waals surface area contributed by atoms with Gasteiger partial charge in [-0.05, 0) is 18.6 Å². The molecule has 0 aliphatic carbocycles. The largest absolute Gasteiger partial charge is 0.395 e. The van der Waals surface area contributed by atoms with Crippen LogP contribution in [0.1, 0.15) is 33.6 Å². The van der Waals surface area contributed by atoms with Crippen LogP contribution in [0, 0.1) is 0 Å². The number of thioether (sulfide) groups is 1. The van der Waals surface area contributed by atoms with Crippen molar-refractivity contribution in [1.29, 1.82) is 0 Å². The van der Waals surface area contributed by atoms with Crippen molar-refractivity contribution in [2.45, 2.75) is 43.8 Å². The van der Waals surface area contributed by atoms with E-state index in [4.69, 9.17) is 5.11 Å². The Morgan fingerprint density at radius 3 is 2.67 bits per heavy atom. The fourth-order valence-corrected chi connectivity index (χ4v) is 2.82. The van der Waals surface area contributed by atoms with Gasteiger partial charge in [-0.15, -0.1) is 11.8 Å². The molecular weight excluding hydrogens is 284 g/mol. The number of anilines is 1. The Morgan fingerprint density at radius 1 is 1.33 bits per heavy atom. The summed E-state index contributed by atoms with van der Waals surface area (Å²) >= 11 is 1.73. The molecule has 118 valence electrons. The lowest BCUT2D eigenvalue weighted by molar-refractivity contribution is 0.187. The Labute approximate surface area is 131 Å². The number of para-hydroxylation sites is 1. The van der Waals surface area contributed by atoms with Crippen molar-refractivity contribution in [3.05, 3.63) is 24.3 Å². The summed E-state index contributed by atoms with van der Waals surface area (Å²) in [5.74, 6) is 0. The van der Waals surface area contributed by atoms with Gasteiger partial charge in [-0.1, -0.05) is 39.3 Å². The van der Waals surface area contributed by atoms with Gasteiger partial charge in [0.2, 0.25) is 0 Å². The number of amides is 2. The van der Waals surface area contributed by atoms with Gasteiger partial charge in [-0.2, -0.15) is 0 Å². The predicted octanol–water partition coefficient (Wildman–Crippen LogP) is 3.81. The molecule has 0 aromatic heterocycles. The third kappa shape index (κ3) is 6.40. The van der Waals surface area contributed by atoms with Crippen molar-refractivity contribution in [3.8, 4) is 0 Å². The normalized spacial score (nSPS) is 10.7. The SMILES string of the molecule is CCCCN(CCO)C(=O)Nc1ccccc1SC(C)C. The molecule has 0 spiro atoms. The lowest BCUT2D eigenvalue weighted by Gasteiger charge is -2.23. The number of aliphatic hydroxyl groups is 1. The van der Waals surface area contributed by atoms with Crippen molar-refractivity contribution in [3.63, 3.8) is 0 Å². The highest BCUT2D eigenvalue weighted by Gasteiger charge is 2.14. The molecule has 0 aliphatic heterocycles. The van der Waals surface area contributed by atoms with Gasteiger partial charge in [0, 0.05) is 23.2 Å². The van der Waals surface area contributed by atoms with Gasteiger partial charge >= 0.3 is 6.03 Å². The molecule has 0 saturated heterocycles. The summed E-state index contributed by atoms with van der Waals surface area (Å²) in [6.07, 6.45) is 1.96. The van der Waals surface area contributed by atoms with E-state index < -0.39 is 0 Å². The topological polar surface area (TPSA) is 52.6 Å². The second-order valence-corrected chi connectivity index (χ2v) is 6.78. The summed E-state index contributed by atoms with van der Waals surface area (Å²) < 4.78 is 0. The minimum absolute atomic E-state index is 0.0144. The van der Waals surface area contributed by atoms with Crippen LogP contribution in [0.5, 0.6) is 0 Å². The summed E-state index contributed by atoms with van der Waals surface area (Å²) in [5, 5.41) is 12.5. The third-order valence-corrected chi connectivity index (χ3v) is 4.01. The van der Waals surface area contributed by atoms with Gasteiger partial charge in [0.15, 0.2) is 0 Å². The number of nitrogens with zero attached hydrogens (tertiary/aromatic N) is 1. The monoisotopic (exact) mass is 310 g/mol. The van der Waals surface area contributed by atoms with Crippen molar-refractivity contribution in [2.75, 3.05) is 25.0 Å². The molecule has 4 nitrogen and oxygen atoms in total. The number of hydrogen-bond donors (Lipinski definition) is 2. The number of carbonyl (C=O) groups excluding carboxylic acids is 1. The maximum absolute atomic E-state index is 12.3. The summed E-state index contributed by atoms with van der Waals surface area (Å²) in [6.45, 7) is 7.36. The molecule has 0 atom stereocenters. The number of unbranched alkanes of at least 4 members (excludes halogenated alkanes) is 1. The standard InChI is InChI=1S/C16H26N2O2S/c1-4-5-10-18(11-12-19)16(20)17-14-8-6-7-9-15(14)21-13(2)3/h6-9,13,19H,4-5,10-12H2,1-3H3,(H,17,20). The van der Waals surface area contributed by atoms with E-state index in [-0.39, 0.29) is 12.6 Å². The van der Waals surface area contributed by atoms with E-state index in [0.717, 1.165) is 23.4 Å². The van der Waals surface area contributed by atoms with Crippen LogP contribution in [-0.4, -0.2) is 41.0 Å². The van der Waals surface area contributed by atoms with Gasteiger partial charge in [0.05, 0.1) is 12.3 Å². The fourth-order valence-electron chi connectivity index (χ4n) is 1.91. The molecule has 0 radical (unpaired) electrons. The molecule has 2 amide bonds. The molecule has 1 rings (SSSR count). The lowest BCUT2D eigenvalue weighted by atomic mass is 10.3. The highest BCUT2D eigenvalue weighted by atomic mass is 32.2. The van der Waals surface area contributed by atoms with Crippen LogP contribution >= 0.6 is 11.8 Å². The number of urea groups is 1. The highest BCUT2D eigenvalue weighted by Crippen LogP contribution is 2.30. The van der Waals surface area contributed by atoms with E-state index in [1.807, 2.05) is 24.3 Å². The highest BCUT2D eigenvalue weighted by molar-refractivity contribution is 8.00. The first-order chi connectivity index (χ1) is 10.1. The average Bonchev–Trinajstić information content (AvgIpc) is 2.45. The minimum Gasteiger partial charge on any atom is -0.395 e. The van der Waals surface area contributed by atoms with Gasteiger partial charge in [-0.3, -0.25) is 0 Å². The Bertz CT molecular complexity index is 438. The van der Waals surface area contributed by atoms with Crippen molar-refractivity contribution in [2.24, 2.45) is 0 Å². The van der Waals surface area contributed by atoms with Crippen LogP contribution < -0.4 is 5.32 Å². The quantitative estimate of drug-likeness (QED) is 0.718. The van der Waals surface area contributed by atoms with Gasteiger partial charge in [-0.25, -0.2) is 4.79 Å². The van der Waals surface area contributed by atoms with Crippen molar-refractivity contribution in [1.82, 2.24) is 4.90 Å². The molecule has 2 N–H and O–H groups in total. The summed E-state index contributed by atoms with van der Waals surface area (Å²) in [5.41, 5.74) is 0.834. The third-order valence-electron chi connectivity index (χ3n) is 2.93. The number of hydrogen-bond acceptors (Lipinski definition) is 3. The van der Waals surface area contributed by atoms with Crippen LogP contribution in [-0.2, 0) is 0 Å². The number of carbonyl (C=O) groups is 1. The van der Waals surface area contributed by atoms with Crippen LogP contribution in [0.2, 0.25) is 0 Å². The van der Waals surface area contributed by atoms with Gasteiger partial charge in [0.25, 0.3) is 0 Å². The van der Waals surface area contributed by atoms with Crippen LogP contribution in [0.4, 0.5) is 10.5 Å². The molecule has 1 aromatic carbocycles. The lowest BCUT2D eigenvalue weighted by Crippen LogP contribution is -2.37. The number of nitrogens with one attached hydrogen (secondary N) is 1. The smallest absolute Gasteiger partial charge is 0.321 e. The zero-order chi connectivity index (χ0) is 15.7. The Hall–Kier alpha value is -1.20. The molecule has 0 unspecified atom stereocenters. The summed E-state index contributed by atoms with van der Waals surface area (Å²) in [6, 6.07) is 7.68. The first kappa shape index (κ1) is 17.9. The molecule has 0 heterocycles. The van der Waals surface area contributed by atoms with E-state index in [1.54, 1.807) is 16.7 Å². The van der Waals surface area contributed by atoms with Gasteiger partial charge in [0.1, 0.15) is 0 Å². The zero-order valence-electron chi connectivity index (χ0n) is 13.1. The van der Waals surface area contributed by atoms with Crippen LogP contribution in [0.25, 0.3) is 0 Å². The minimum atomic E-state index is -0.144. The first-order valence-electron chi connectivity index (χ1n) is 7.51. The Morgan fingerprint density at radius 2 is 2.05 bits per heavy atom. The van der Waals surface area contributed by atoms with Crippen molar-refractivity contribution < 1.29 is 9.90 Å². The molecule has 0 saturated carbocycles. The van der Waals surface area contributed by atoms with E-state index in [2.05, 4.69) is 26.1 Å². The number of aliphatic hydroxyl groups excluding tert-OH is 1. The maximum atomic E-state index is 12.3. The van der Waals surface area contributed by atoms with E-state index in [0.29, 0.717) is 18.3 Å². The Balaban J connectivity index is 2.75. The second-order valence-electron chi connectivity index (χ2n) is 5.16. The molecule has 0 fully saturated rings. The zero-order valence-corrected chi connectivity index (χ0v) is 13.9. The molecule has 21 heavy (non-hydrogen) atoms. The molecule has 0 aliphatic rings. The summed E-state index contributed by atoms with van der Waals surface area (Å²) in [4.78, 5) is 15.1. The Kier molecular flexibility index (Phi) is 8.23.